The second-order valence-corrected chi connectivity index (χ2v) is 7.51. The number of rotatable bonds is 4. The number of halogens is 3. The number of aromatic hydroxyl groups is 1. The molecule has 1 unspecified atom stereocenters. The number of aliphatic hydroxyl groups excluding tert-OH is 1. The van der Waals surface area contributed by atoms with Gasteiger partial charge in [0.1, 0.15) is 17.3 Å². The fourth-order valence-corrected chi connectivity index (χ4v) is 3.91. The number of hydrogen-bond acceptors (Lipinski definition) is 5. The van der Waals surface area contributed by atoms with Gasteiger partial charge in [-0.05, 0) is 54.1 Å². The van der Waals surface area contributed by atoms with Crippen LogP contribution in [0.2, 0.25) is 0 Å². The molecule has 1 fully saturated rings. The number of nitrogens with zero attached hydrogens (tertiary/aromatic N) is 1. The number of Topliss-reactive ketones (excluding diaryl/α,β-unsaturated/α-hetero) is 1. The third kappa shape index (κ3) is 3.96. The molecular formula is C25H18F3NO5. The van der Waals surface area contributed by atoms with E-state index >= 15 is 0 Å². The Morgan fingerprint density at radius 2 is 1.65 bits per heavy atom. The first kappa shape index (κ1) is 22.9. The summed E-state index contributed by atoms with van der Waals surface area (Å²) >= 11 is 0. The van der Waals surface area contributed by atoms with Gasteiger partial charge in [-0.2, -0.15) is 13.2 Å². The van der Waals surface area contributed by atoms with Crippen molar-refractivity contribution in [3.63, 3.8) is 0 Å². The molecule has 1 saturated heterocycles. The quantitative estimate of drug-likeness (QED) is 0.317. The number of methoxy groups -OCH3 is 1. The summed E-state index contributed by atoms with van der Waals surface area (Å²) in [6.45, 7) is 0. The lowest BCUT2D eigenvalue weighted by Crippen LogP contribution is -2.29. The second kappa shape index (κ2) is 8.58. The van der Waals surface area contributed by atoms with Gasteiger partial charge in [0.25, 0.3) is 11.7 Å². The average molecular weight is 469 g/mol. The smallest absolute Gasteiger partial charge is 0.416 e. The highest BCUT2D eigenvalue weighted by Crippen LogP contribution is 2.44. The predicted octanol–water partition coefficient (Wildman–Crippen LogP) is 5.05. The molecule has 9 heteroatoms. The molecule has 1 aliphatic heterocycles. The number of amides is 1. The monoisotopic (exact) mass is 469 g/mol. The molecule has 0 radical (unpaired) electrons. The zero-order chi connectivity index (χ0) is 24.6. The lowest BCUT2D eigenvalue weighted by atomic mass is 9.94. The summed E-state index contributed by atoms with van der Waals surface area (Å²) in [5.41, 5.74) is -0.769. The van der Waals surface area contributed by atoms with Gasteiger partial charge < -0.3 is 14.9 Å². The molecule has 1 amide bonds. The summed E-state index contributed by atoms with van der Waals surface area (Å²) in [4.78, 5) is 27.2. The van der Waals surface area contributed by atoms with E-state index in [1.165, 1.54) is 37.4 Å². The van der Waals surface area contributed by atoms with Crippen LogP contribution in [0, 0.1) is 0 Å². The van der Waals surface area contributed by atoms with Crippen LogP contribution in [0.15, 0.2) is 78.4 Å². The number of phenols is 1. The van der Waals surface area contributed by atoms with Gasteiger partial charge in [0.15, 0.2) is 0 Å². The van der Waals surface area contributed by atoms with Gasteiger partial charge in [0.05, 0.1) is 29.9 Å². The van der Waals surface area contributed by atoms with E-state index in [2.05, 4.69) is 0 Å². The van der Waals surface area contributed by atoms with Gasteiger partial charge in [0, 0.05) is 5.69 Å². The number of benzene rings is 3. The molecule has 2 N–H and O–H groups in total. The average Bonchev–Trinajstić information content (AvgIpc) is 3.08. The minimum atomic E-state index is -4.58. The molecule has 0 spiro atoms. The second-order valence-electron chi connectivity index (χ2n) is 7.51. The number of carbonyl (C=O) groups excluding carboxylic acids is 2. The lowest BCUT2D eigenvalue weighted by molar-refractivity contribution is -0.137. The maximum atomic E-state index is 13.1. The van der Waals surface area contributed by atoms with E-state index in [0.29, 0.717) is 0 Å². The van der Waals surface area contributed by atoms with E-state index in [1.54, 1.807) is 18.2 Å². The topological polar surface area (TPSA) is 87.1 Å². The molecule has 1 aliphatic rings. The van der Waals surface area contributed by atoms with Crippen molar-refractivity contribution in [2.45, 2.75) is 12.2 Å². The third-order valence-corrected chi connectivity index (χ3v) is 5.47. The molecule has 0 bridgehead atoms. The Morgan fingerprint density at radius 1 is 0.971 bits per heavy atom. The van der Waals surface area contributed by atoms with Crippen molar-refractivity contribution in [3.05, 3.63) is 95.1 Å². The largest absolute Gasteiger partial charge is 0.508 e. The Morgan fingerprint density at radius 3 is 2.26 bits per heavy atom. The van der Waals surface area contributed by atoms with Crippen LogP contribution in [0.4, 0.5) is 18.9 Å². The van der Waals surface area contributed by atoms with Crippen molar-refractivity contribution >= 4 is 23.1 Å². The van der Waals surface area contributed by atoms with Crippen molar-refractivity contribution in [2.75, 3.05) is 12.0 Å². The lowest BCUT2D eigenvalue weighted by Gasteiger charge is -2.26. The molecule has 1 atom stereocenters. The number of phenolic OH excluding ortho intramolecular Hbond substituents is 1. The van der Waals surface area contributed by atoms with Crippen molar-refractivity contribution < 1.29 is 37.7 Å². The molecule has 34 heavy (non-hydrogen) atoms. The summed E-state index contributed by atoms with van der Waals surface area (Å²) < 4.78 is 44.4. The highest BCUT2D eigenvalue weighted by Gasteiger charge is 2.47. The van der Waals surface area contributed by atoms with Crippen LogP contribution in [-0.4, -0.2) is 29.0 Å². The molecule has 6 nitrogen and oxygen atoms in total. The molecule has 4 rings (SSSR count). The SMILES string of the molecule is COc1ccccc1/C(O)=C1\C(=O)C(=O)N(c2ccc(C(F)(F)F)cc2)C1c1cccc(O)c1. The summed E-state index contributed by atoms with van der Waals surface area (Å²) in [5, 5.41) is 21.1. The number of ketones is 1. The van der Waals surface area contributed by atoms with E-state index in [0.717, 1.165) is 29.2 Å². The molecule has 1 heterocycles. The molecule has 3 aromatic rings. The maximum Gasteiger partial charge on any atom is 0.416 e. The molecule has 3 aromatic carbocycles. The van der Waals surface area contributed by atoms with Gasteiger partial charge in [-0.3, -0.25) is 14.5 Å². The van der Waals surface area contributed by atoms with Crippen molar-refractivity contribution in [1.29, 1.82) is 0 Å². The first-order valence-corrected chi connectivity index (χ1v) is 10.0. The van der Waals surface area contributed by atoms with Gasteiger partial charge >= 0.3 is 6.18 Å². The van der Waals surface area contributed by atoms with Crippen molar-refractivity contribution in [1.82, 2.24) is 0 Å². The van der Waals surface area contributed by atoms with Gasteiger partial charge in [-0.1, -0.05) is 24.3 Å². The number of para-hydroxylation sites is 1. The van der Waals surface area contributed by atoms with Crippen LogP contribution in [0.5, 0.6) is 11.5 Å². The number of anilines is 1. The Bertz CT molecular complexity index is 1300. The Kier molecular flexibility index (Phi) is 5.78. The summed E-state index contributed by atoms with van der Waals surface area (Å²) in [5.74, 6) is -2.50. The van der Waals surface area contributed by atoms with Crippen LogP contribution in [0.1, 0.15) is 22.7 Å². The third-order valence-electron chi connectivity index (χ3n) is 5.47. The highest BCUT2D eigenvalue weighted by molar-refractivity contribution is 6.51. The highest BCUT2D eigenvalue weighted by atomic mass is 19.4. The number of carbonyl (C=O) groups is 2. The van der Waals surface area contributed by atoms with Gasteiger partial charge in [-0.15, -0.1) is 0 Å². The van der Waals surface area contributed by atoms with Crippen LogP contribution in [-0.2, 0) is 15.8 Å². The summed E-state index contributed by atoms with van der Waals surface area (Å²) in [6.07, 6.45) is -4.58. The zero-order valence-electron chi connectivity index (χ0n) is 17.7. The Hall–Kier alpha value is -4.27. The van der Waals surface area contributed by atoms with E-state index in [9.17, 15) is 33.0 Å². The number of aliphatic hydroxyl groups is 1. The number of alkyl halides is 3. The minimum Gasteiger partial charge on any atom is -0.508 e. The fraction of sp³-hybridized carbons (Fsp3) is 0.120. The van der Waals surface area contributed by atoms with Crippen molar-refractivity contribution in [3.8, 4) is 11.5 Å². The normalized spacial score (nSPS) is 17.8. The van der Waals surface area contributed by atoms with E-state index in [4.69, 9.17) is 4.74 Å². The molecule has 174 valence electrons. The first-order chi connectivity index (χ1) is 16.1. The van der Waals surface area contributed by atoms with Crippen LogP contribution in [0.3, 0.4) is 0 Å². The van der Waals surface area contributed by atoms with Crippen molar-refractivity contribution in [2.24, 2.45) is 0 Å². The van der Waals surface area contributed by atoms with Crippen LogP contribution < -0.4 is 9.64 Å². The van der Waals surface area contributed by atoms with E-state index in [-0.39, 0.29) is 33.9 Å². The van der Waals surface area contributed by atoms with E-state index in [1.807, 2.05) is 0 Å². The summed E-state index contributed by atoms with van der Waals surface area (Å²) in [7, 11) is 1.37. The summed E-state index contributed by atoms with van der Waals surface area (Å²) in [6, 6.07) is 14.6. The van der Waals surface area contributed by atoms with E-state index < -0.39 is 35.2 Å². The zero-order valence-corrected chi connectivity index (χ0v) is 17.7. The minimum absolute atomic E-state index is 0.0162. The standard InChI is InChI=1S/C25H18F3NO5/c1-34-19-8-3-2-7-18(19)22(31)20-21(14-5-4-6-17(30)13-14)29(24(33)23(20)32)16-11-9-15(10-12-16)25(26,27)28/h2-13,21,30-31H,1H3/b22-20+. The predicted molar refractivity (Wildman–Crippen MR) is 117 cm³/mol. The molecular weight excluding hydrogens is 451 g/mol. The maximum absolute atomic E-state index is 13.1. The fourth-order valence-electron chi connectivity index (χ4n) is 3.91. The number of hydrogen-bond donors (Lipinski definition) is 2. The Labute approximate surface area is 192 Å². The first-order valence-electron chi connectivity index (χ1n) is 10.0. The molecule has 0 aromatic heterocycles. The van der Waals surface area contributed by atoms with Gasteiger partial charge in [0.2, 0.25) is 0 Å². The van der Waals surface area contributed by atoms with Gasteiger partial charge in [-0.25, -0.2) is 0 Å². The molecule has 0 saturated carbocycles. The van der Waals surface area contributed by atoms with Crippen LogP contribution >= 0.6 is 0 Å². The molecule has 0 aliphatic carbocycles. The van der Waals surface area contributed by atoms with Crippen LogP contribution in [0.25, 0.3) is 5.76 Å². The Balaban J connectivity index is 1.94. The number of ether oxygens (including phenoxy) is 1.